The Labute approximate surface area is 132 Å². The molecule has 0 fully saturated rings. The molecule has 8 heteroatoms. The van der Waals surface area contributed by atoms with Crippen molar-refractivity contribution in [3.05, 3.63) is 48.3 Å². The fourth-order valence-electron chi connectivity index (χ4n) is 2.02. The third kappa shape index (κ3) is 5.32. The van der Waals surface area contributed by atoms with Gasteiger partial charge in [-0.2, -0.15) is 18.3 Å². The van der Waals surface area contributed by atoms with Crippen molar-refractivity contribution in [3.8, 4) is 5.69 Å². The minimum atomic E-state index is -4.18. The molecule has 0 atom stereocenters. The summed E-state index contributed by atoms with van der Waals surface area (Å²) < 4.78 is 38.2. The maximum atomic E-state index is 12.2. The summed E-state index contributed by atoms with van der Waals surface area (Å²) >= 11 is 0. The maximum absolute atomic E-state index is 12.2. The first kappa shape index (κ1) is 16.9. The summed E-state index contributed by atoms with van der Waals surface area (Å²) in [5.41, 5.74) is 1.85. The molecule has 0 unspecified atom stereocenters. The first-order chi connectivity index (χ1) is 11.0. The lowest BCUT2D eigenvalue weighted by Gasteiger charge is -2.14. The molecule has 2 rings (SSSR count). The smallest absolute Gasteiger partial charge is 0.356 e. The first-order valence-corrected chi connectivity index (χ1v) is 7.09. The number of halogens is 3. The number of rotatable bonds is 5. The second kappa shape index (κ2) is 7.66. The predicted octanol–water partition coefficient (Wildman–Crippen LogP) is 2.49. The number of para-hydroxylation sites is 1. The molecular weight excluding hydrogens is 307 g/mol. The van der Waals surface area contributed by atoms with E-state index in [0.717, 1.165) is 11.3 Å². The molecule has 0 aliphatic rings. The Hall–Kier alpha value is -2.51. The van der Waals surface area contributed by atoms with Crippen LogP contribution >= 0.6 is 0 Å². The first-order valence-electron chi connectivity index (χ1n) is 7.09. The van der Waals surface area contributed by atoms with Gasteiger partial charge in [0.2, 0.25) is 0 Å². The van der Waals surface area contributed by atoms with E-state index < -0.39 is 12.6 Å². The van der Waals surface area contributed by atoms with Crippen molar-refractivity contribution in [2.45, 2.75) is 19.1 Å². The highest BCUT2D eigenvalue weighted by atomic mass is 19.4. The van der Waals surface area contributed by atoms with E-state index in [0.29, 0.717) is 12.5 Å². The maximum Gasteiger partial charge on any atom is 0.390 e. The van der Waals surface area contributed by atoms with Crippen LogP contribution < -0.4 is 10.6 Å². The van der Waals surface area contributed by atoms with Gasteiger partial charge in [-0.05, 0) is 17.7 Å². The number of aliphatic imine (C=N–C) groups is 1. The molecule has 0 aliphatic heterocycles. The third-order valence-corrected chi connectivity index (χ3v) is 3.11. The second-order valence-corrected chi connectivity index (χ2v) is 4.80. The Morgan fingerprint density at radius 2 is 2.00 bits per heavy atom. The molecule has 23 heavy (non-hydrogen) atoms. The van der Waals surface area contributed by atoms with Crippen molar-refractivity contribution < 1.29 is 13.2 Å². The zero-order valence-electron chi connectivity index (χ0n) is 12.6. The molecule has 5 nitrogen and oxygen atoms in total. The fourth-order valence-corrected chi connectivity index (χ4v) is 2.02. The molecular formula is C15H18F3N5. The molecule has 0 amide bonds. The van der Waals surface area contributed by atoms with Gasteiger partial charge in [-0.1, -0.05) is 18.2 Å². The van der Waals surface area contributed by atoms with E-state index in [2.05, 4.69) is 20.7 Å². The summed E-state index contributed by atoms with van der Waals surface area (Å²) in [7, 11) is 1.52. The van der Waals surface area contributed by atoms with Gasteiger partial charge >= 0.3 is 6.18 Å². The Morgan fingerprint density at radius 1 is 1.22 bits per heavy atom. The summed E-state index contributed by atoms with van der Waals surface area (Å²) in [6.07, 6.45) is -1.58. The van der Waals surface area contributed by atoms with Gasteiger partial charge in [0.15, 0.2) is 5.96 Å². The Balaban J connectivity index is 1.95. The van der Waals surface area contributed by atoms with Crippen molar-refractivity contribution in [2.75, 3.05) is 13.6 Å². The van der Waals surface area contributed by atoms with Crippen LogP contribution in [0.4, 0.5) is 13.2 Å². The van der Waals surface area contributed by atoms with Gasteiger partial charge in [-0.25, -0.2) is 4.68 Å². The number of guanidine groups is 1. The molecule has 0 aliphatic carbocycles. The zero-order valence-corrected chi connectivity index (χ0v) is 12.6. The van der Waals surface area contributed by atoms with E-state index >= 15 is 0 Å². The molecule has 0 spiro atoms. The van der Waals surface area contributed by atoms with Gasteiger partial charge in [0.25, 0.3) is 0 Å². The number of alkyl halides is 3. The van der Waals surface area contributed by atoms with Crippen molar-refractivity contribution in [3.63, 3.8) is 0 Å². The van der Waals surface area contributed by atoms with Crippen molar-refractivity contribution in [1.82, 2.24) is 20.4 Å². The average molecular weight is 325 g/mol. The second-order valence-electron chi connectivity index (χ2n) is 4.80. The Kier molecular flexibility index (Phi) is 5.61. The molecule has 1 heterocycles. The average Bonchev–Trinajstić information content (AvgIpc) is 3.04. The zero-order chi connectivity index (χ0) is 16.7. The van der Waals surface area contributed by atoms with Crippen LogP contribution in [0.15, 0.2) is 47.7 Å². The lowest BCUT2D eigenvalue weighted by atomic mass is 10.2. The van der Waals surface area contributed by atoms with Crippen LogP contribution in [-0.2, 0) is 6.54 Å². The molecule has 0 radical (unpaired) electrons. The quantitative estimate of drug-likeness (QED) is 0.656. The minimum absolute atomic E-state index is 0.218. The van der Waals surface area contributed by atoms with Crippen LogP contribution in [0, 0.1) is 0 Å². The number of hydrogen-bond donors (Lipinski definition) is 2. The third-order valence-electron chi connectivity index (χ3n) is 3.11. The molecule has 0 saturated carbocycles. The van der Waals surface area contributed by atoms with E-state index in [1.54, 1.807) is 10.9 Å². The van der Waals surface area contributed by atoms with Gasteiger partial charge in [0.05, 0.1) is 12.1 Å². The minimum Gasteiger partial charge on any atom is -0.356 e. The van der Waals surface area contributed by atoms with Gasteiger partial charge in [0.1, 0.15) is 0 Å². The Morgan fingerprint density at radius 3 is 2.65 bits per heavy atom. The number of nitrogens with zero attached hydrogens (tertiary/aromatic N) is 3. The molecule has 2 aromatic rings. The number of benzene rings is 1. The van der Waals surface area contributed by atoms with E-state index in [1.165, 1.54) is 7.05 Å². The highest BCUT2D eigenvalue weighted by molar-refractivity contribution is 5.79. The number of nitrogens with one attached hydrogen (secondary N) is 2. The van der Waals surface area contributed by atoms with E-state index in [-0.39, 0.29) is 6.54 Å². The van der Waals surface area contributed by atoms with E-state index in [4.69, 9.17) is 0 Å². The van der Waals surface area contributed by atoms with Crippen LogP contribution in [0.5, 0.6) is 0 Å². The van der Waals surface area contributed by atoms with Crippen LogP contribution in [0.25, 0.3) is 5.69 Å². The van der Waals surface area contributed by atoms with E-state index in [9.17, 15) is 13.2 Å². The molecule has 0 saturated heterocycles. The highest BCUT2D eigenvalue weighted by Gasteiger charge is 2.26. The summed E-state index contributed by atoms with van der Waals surface area (Å²) in [5.74, 6) is 0.324. The van der Waals surface area contributed by atoms with Crippen LogP contribution in [0.2, 0.25) is 0 Å². The summed E-state index contributed by atoms with van der Waals surface area (Å²) in [5, 5.41) is 9.84. The van der Waals surface area contributed by atoms with Crippen molar-refractivity contribution in [2.24, 2.45) is 4.99 Å². The standard InChI is InChI=1S/C15H18F3N5/c1-19-14(20-9-7-15(16,17)18)21-11-12-5-2-3-6-13(12)23-10-4-8-22-23/h2-6,8,10H,7,9,11H2,1H3,(H2,19,20,21). The largest absolute Gasteiger partial charge is 0.390 e. The fraction of sp³-hybridized carbons (Fsp3) is 0.333. The van der Waals surface area contributed by atoms with Gasteiger partial charge in [-0.15, -0.1) is 0 Å². The highest BCUT2D eigenvalue weighted by Crippen LogP contribution is 2.18. The molecule has 124 valence electrons. The lowest BCUT2D eigenvalue weighted by Crippen LogP contribution is -2.38. The van der Waals surface area contributed by atoms with Gasteiger partial charge in [-0.3, -0.25) is 4.99 Å². The topological polar surface area (TPSA) is 54.2 Å². The van der Waals surface area contributed by atoms with E-state index in [1.807, 2.05) is 36.5 Å². The van der Waals surface area contributed by atoms with Crippen molar-refractivity contribution >= 4 is 5.96 Å². The SMILES string of the molecule is CN=C(NCCC(F)(F)F)NCc1ccccc1-n1cccn1. The molecule has 2 N–H and O–H groups in total. The number of aromatic nitrogens is 2. The molecule has 1 aromatic carbocycles. The summed E-state index contributed by atoms with van der Waals surface area (Å²) in [4.78, 5) is 3.92. The van der Waals surface area contributed by atoms with Gasteiger partial charge < -0.3 is 10.6 Å². The van der Waals surface area contributed by atoms with Crippen LogP contribution in [-0.4, -0.2) is 35.5 Å². The predicted molar refractivity (Wildman–Crippen MR) is 82.4 cm³/mol. The normalized spacial score (nSPS) is 12.3. The Bertz CT molecular complexity index is 635. The monoisotopic (exact) mass is 325 g/mol. The van der Waals surface area contributed by atoms with Crippen LogP contribution in [0.1, 0.15) is 12.0 Å². The van der Waals surface area contributed by atoms with Gasteiger partial charge in [0, 0.05) is 32.5 Å². The van der Waals surface area contributed by atoms with Crippen LogP contribution in [0.3, 0.4) is 0 Å². The lowest BCUT2D eigenvalue weighted by molar-refractivity contribution is -0.132. The van der Waals surface area contributed by atoms with Crippen molar-refractivity contribution in [1.29, 1.82) is 0 Å². The molecule has 0 bridgehead atoms. The summed E-state index contributed by atoms with van der Waals surface area (Å²) in [6, 6.07) is 9.46. The number of hydrogen-bond acceptors (Lipinski definition) is 2. The summed E-state index contributed by atoms with van der Waals surface area (Å²) in [6.45, 7) is 0.200. The molecule has 1 aromatic heterocycles.